The third-order valence-electron chi connectivity index (χ3n) is 3.11. The van der Waals surface area contributed by atoms with Gasteiger partial charge in [-0.25, -0.2) is 9.67 Å². The number of hydrogen-bond acceptors (Lipinski definition) is 7. The summed E-state index contributed by atoms with van der Waals surface area (Å²) in [6.07, 6.45) is -0.0650. The van der Waals surface area contributed by atoms with Crippen molar-refractivity contribution in [3.8, 4) is 0 Å². The Morgan fingerprint density at radius 1 is 1.53 bits per heavy atom. The zero-order valence-electron chi connectivity index (χ0n) is 9.77. The van der Waals surface area contributed by atoms with E-state index in [0.29, 0.717) is 17.5 Å². The third kappa shape index (κ3) is 2.02. The van der Waals surface area contributed by atoms with E-state index in [1.807, 2.05) is 0 Å². The van der Waals surface area contributed by atoms with E-state index in [2.05, 4.69) is 15.1 Å². The van der Waals surface area contributed by atoms with Crippen LogP contribution >= 0.6 is 11.6 Å². The van der Waals surface area contributed by atoms with Gasteiger partial charge in [0.2, 0.25) is 5.28 Å². The van der Waals surface area contributed by atoms with Crippen molar-refractivity contribution in [2.45, 2.75) is 24.9 Å². The first-order chi connectivity index (χ1) is 9.10. The predicted molar refractivity (Wildman–Crippen MR) is 66.4 cm³/mol. The molecule has 0 bridgehead atoms. The van der Waals surface area contributed by atoms with Crippen molar-refractivity contribution in [2.24, 2.45) is 0 Å². The van der Waals surface area contributed by atoms with Gasteiger partial charge in [0.05, 0.1) is 24.3 Å². The molecule has 3 atom stereocenters. The van der Waals surface area contributed by atoms with E-state index in [1.165, 1.54) is 10.9 Å². The van der Waals surface area contributed by atoms with E-state index < -0.39 is 18.4 Å². The van der Waals surface area contributed by atoms with Gasteiger partial charge in [0.15, 0.2) is 11.9 Å². The topological polar surface area (TPSA) is 119 Å². The first kappa shape index (κ1) is 12.5. The second-order valence-corrected chi connectivity index (χ2v) is 4.66. The zero-order chi connectivity index (χ0) is 13.6. The maximum absolute atomic E-state index is 9.73. The van der Waals surface area contributed by atoms with Crippen molar-refractivity contribution < 1.29 is 14.9 Å². The lowest BCUT2D eigenvalue weighted by atomic mass is 10.2. The first-order valence-corrected chi connectivity index (χ1v) is 6.08. The molecule has 1 saturated heterocycles. The van der Waals surface area contributed by atoms with Crippen LogP contribution in [0, 0.1) is 0 Å². The molecular formula is C10H12ClN5O3. The average molecular weight is 286 g/mol. The Hall–Kier alpha value is -1.48. The average Bonchev–Trinajstić information content (AvgIpc) is 2.92. The number of nitrogens with two attached hydrogens (primary N) is 1. The standard InChI is InChI=1S/C10H12ClN5O3/c11-10-14-8(12)4-2-13-16(9(4)15-10)7-1-5(18)6(3-17)19-7/h2,5-7,17-18H,1,3H2,(H2,12,14,15)/t5-,6+,7+/m0/s1. The summed E-state index contributed by atoms with van der Waals surface area (Å²) in [6, 6.07) is 0. The molecule has 2 aromatic rings. The van der Waals surface area contributed by atoms with Gasteiger partial charge in [0.1, 0.15) is 11.9 Å². The number of anilines is 1. The van der Waals surface area contributed by atoms with Gasteiger partial charge in [-0.15, -0.1) is 0 Å². The fourth-order valence-electron chi connectivity index (χ4n) is 2.16. The molecule has 3 rings (SSSR count). The van der Waals surface area contributed by atoms with E-state index in [4.69, 9.17) is 27.2 Å². The molecule has 1 aliphatic rings. The molecule has 0 saturated carbocycles. The van der Waals surface area contributed by atoms with Crippen LogP contribution < -0.4 is 5.73 Å². The number of aliphatic hydroxyl groups is 2. The Kier molecular flexibility index (Phi) is 3.02. The second-order valence-electron chi connectivity index (χ2n) is 4.32. The van der Waals surface area contributed by atoms with Crippen LogP contribution in [0.3, 0.4) is 0 Å². The number of aromatic nitrogens is 4. The summed E-state index contributed by atoms with van der Waals surface area (Å²) >= 11 is 5.77. The first-order valence-electron chi connectivity index (χ1n) is 5.70. The Morgan fingerprint density at radius 2 is 2.32 bits per heavy atom. The molecule has 1 aliphatic heterocycles. The minimum absolute atomic E-state index is 0.0176. The largest absolute Gasteiger partial charge is 0.394 e. The van der Waals surface area contributed by atoms with Crippen LogP contribution in [0.5, 0.6) is 0 Å². The molecule has 1 fully saturated rings. The molecule has 19 heavy (non-hydrogen) atoms. The number of ether oxygens (including phenoxy) is 1. The van der Waals surface area contributed by atoms with Gasteiger partial charge >= 0.3 is 0 Å². The highest BCUT2D eigenvalue weighted by atomic mass is 35.5. The summed E-state index contributed by atoms with van der Waals surface area (Å²) in [5.41, 5.74) is 6.17. The number of nitrogens with zero attached hydrogens (tertiary/aromatic N) is 4. The normalized spacial score (nSPS) is 27.2. The summed E-state index contributed by atoms with van der Waals surface area (Å²) in [6.45, 7) is -0.255. The van der Waals surface area contributed by atoms with Crippen LogP contribution in [0.4, 0.5) is 5.82 Å². The highest BCUT2D eigenvalue weighted by Crippen LogP contribution is 2.31. The molecule has 3 heterocycles. The van der Waals surface area contributed by atoms with Crippen molar-refractivity contribution >= 4 is 28.5 Å². The summed E-state index contributed by atoms with van der Waals surface area (Å²) in [5, 5.41) is 23.5. The molecule has 0 amide bonds. The lowest BCUT2D eigenvalue weighted by Crippen LogP contribution is -2.24. The molecule has 0 unspecified atom stereocenters. The highest BCUT2D eigenvalue weighted by Gasteiger charge is 2.35. The van der Waals surface area contributed by atoms with Crippen molar-refractivity contribution in [3.05, 3.63) is 11.5 Å². The minimum atomic E-state index is -0.746. The Labute approximate surface area is 112 Å². The van der Waals surface area contributed by atoms with Crippen molar-refractivity contribution in [2.75, 3.05) is 12.3 Å². The molecule has 2 aromatic heterocycles. The maximum atomic E-state index is 9.73. The number of hydrogen-bond donors (Lipinski definition) is 3. The lowest BCUT2D eigenvalue weighted by Gasteiger charge is -2.12. The third-order valence-corrected chi connectivity index (χ3v) is 3.28. The van der Waals surface area contributed by atoms with Gasteiger partial charge in [-0.3, -0.25) is 0 Å². The maximum Gasteiger partial charge on any atom is 0.226 e. The molecular weight excluding hydrogens is 274 g/mol. The molecule has 9 heteroatoms. The number of fused-ring (bicyclic) bond motifs is 1. The number of nitrogen functional groups attached to an aromatic ring is 1. The van der Waals surface area contributed by atoms with Crippen LogP contribution in [0.15, 0.2) is 6.20 Å². The fourth-order valence-corrected chi connectivity index (χ4v) is 2.33. The number of aliphatic hydroxyl groups excluding tert-OH is 2. The van der Waals surface area contributed by atoms with Gasteiger partial charge in [-0.05, 0) is 11.6 Å². The van der Waals surface area contributed by atoms with Crippen LogP contribution in [-0.2, 0) is 4.74 Å². The van der Waals surface area contributed by atoms with Gasteiger partial charge in [-0.2, -0.15) is 10.1 Å². The number of rotatable bonds is 2. The van der Waals surface area contributed by atoms with Gasteiger partial charge in [0.25, 0.3) is 0 Å². The van der Waals surface area contributed by atoms with Gasteiger partial charge in [-0.1, -0.05) is 0 Å². The monoisotopic (exact) mass is 285 g/mol. The summed E-state index contributed by atoms with van der Waals surface area (Å²) < 4.78 is 7.00. The Morgan fingerprint density at radius 3 is 3.00 bits per heavy atom. The van der Waals surface area contributed by atoms with E-state index in [9.17, 15) is 5.11 Å². The predicted octanol–water partition coefficient (Wildman–Crippen LogP) is -0.297. The van der Waals surface area contributed by atoms with Gasteiger partial charge < -0.3 is 20.7 Å². The van der Waals surface area contributed by atoms with E-state index >= 15 is 0 Å². The molecule has 4 N–H and O–H groups in total. The van der Waals surface area contributed by atoms with E-state index in [-0.39, 0.29) is 17.7 Å². The summed E-state index contributed by atoms with van der Waals surface area (Å²) in [5.74, 6) is 0.235. The van der Waals surface area contributed by atoms with E-state index in [1.54, 1.807) is 0 Å². The fraction of sp³-hybridized carbons (Fsp3) is 0.500. The summed E-state index contributed by atoms with van der Waals surface area (Å²) in [7, 11) is 0. The smallest absolute Gasteiger partial charge is 0.226 e. The second kappa shape index (κ2) is 4.57. The zero-order valence-corrected chi connectivity index (χ0v) is 10.5. The lowest BCUT2D eigenvalue weighted by molar-refractivity contribution is -0.0470. The molecule has 0 radical (unpaired) electrons. The van der Waals surface area contributed by atoms with Crippen LogP contribution in [0.25, 0.3) is 11.0 Å². The molecule has 8 nitrogen and oxygen atoms in total. The van der Waals surface area contributed by atoms with Crippen molar-refractivity contribution in [1.82, 2.24) is 19.7 Å². The SMILES string of the molecule is Nc1nc(Cl)nc2c1cnn2[C@H]1C[C@H](O)[C@@H](CO)O1. The highest BCUT2D eigenvalue weighted by molar-refractivity contribution is 6.28. The van der Waals surface area contributed by atoms with Gasteiger partial charge in [0, 0.05) is 6.42 Å². The number of halogens is 1. The Bertz CT molecular complexity index is 618. The molecule has 102 valence electrons. The van der Waals surface area contributed by atoms with Crippen LogP contribution in [-0.4, -0.2) is 48.8 Å². The Balaban J connectivity index is 2.02. The quantitative estimate of drug-likeness (QED) is 0.648. The van der Waals surface area contributed by atoms with Crippen LogP contribution in [0.1, 0.15) is 12.6 Å². The van der Waals surface area contributed by atoms with Crippen LogP contribution in [0.2, 0.25) is 5.28 Å². The molecule has 0 aromatic carbocycles. The van der Waals surface area contributed by atoms with Crippen molar-refractivity contribution in [3.63, 3.8) is 0 Å². The molecule has 0 aliphatic carbocycles. The minimum Gasteiger partial charge on any atom is -0.394 e. The summed E-state index contributed by atoms with van der Waals surface area (Å²) in [4.78, 5) is 7.90. The molecule has 0 spiro atoms. The van der Waals surface area contributed by atoms with E-state index in [0.717, 1.165) is 0 Å². The van der Waals surface area contributed by atoms with Crippen molar-refractivity contribution in [1.29, 1.82) is 0 Å².